The van der Waals surface area contributed by atoms with Gasteiger partial charge in [-0.1, -0.05) is 39.0 Å². The Kier molecular flexibility index (Phi) is 14.3. The summed E-state index contributed by atoms with van der Waals surface area (Å²) in [5.74, 6) is 1.39. The van der Waals surface area contributed by atoms with E-state index in [2.05, 4.69) is 38.1 Å². The van der Waals surface area contributed by atoms with E-state index in [1.54, 1.807) is 12.1 Å². The first-order chi connectivity index (χ1) is 13.0. The minimum atomic E-state index is 0.275. The van der Waals surface area contributed by atoms with Gasteiger partial charge in [0.05, 0.1) is 19.8 Å². The number of benzene rings is 1. The lowest BCUT2D eigenvalue weighted by atomic mass is 10.1. The Balaban J connectivity index is 0.00000326. The zero-order valence-corrected chi connectivity index (χ0v) is 18.3. The first kappa shape index (κ1) is 25.2. The molecule has 1 aromatic carbocycles. The second-order valence-electron chi connectivity index (χ2n) is 6.46. The van der Waals surface area contributed by atoms with Crippen LogP contribution in [0.1, 0.15) is 40.2 Å². The molecule has 1 unspecified atom stereocenters. The number of ether oxygens (including phenoxy) is 2. The number of hydrogen-bond donors (Lipinski definition) is 1. The average molecular weight is 378 g/mol. The SMILES string of the molecule is C/C=C\C(=C/C)COCC(COc1ccc(O)cc1CC)CN(C)C.CC. The van der Waals surface area contributed by atoms with Crippen LogP contribution in [-0.4, -0.2) is 50.5 Å². The molecule has 1 N–H and O–H groups in total. The van der Waals surface area contributed by atoms with Crippen LogP contribution in [0.3, 0.4) is 0 Å². The monoisotopic (exact) mass is 377 g/mol. The lowest BCUT2D eigenvalue weighted by molar-refractivity contribution is 0.0798. The van der Waals surface area contributed by atoms with Gasteiger partial charge in [0.2, 0.25) is 0 Å². The molecule has 1 aromatic rings. The summed E-state index contributed by atoms with van der Waals surface area (Å²) in [4.78, 5) is 2.15. The van der Waals surface area contributed by atoms with E-state index in [4.69, 9.17) is 9.47 Å². The average Bonchev–Trinajstić information content (AvgIpc) is 2.66. The number of phenols is 1. The van der Waals surface area contributed by atoms with Crippen molar-refractivity contribution in [1.82, 2.24) is 4.90 Å². The summed E-state index contributed by atoms with van der Waals surface area (Å²) in [6.07, 6.45) is 6.99. The van der Waals surface area contributed by atoms with Gasteiger partial charge in [-0.25, -0.2) is 0 Å². The number of phenolic OH excluding ortho intramolecular Hbond substituents is 1. The molecule has 0 aliphatic heterocycles. The van der Waals surface area contributed by atoms with Crippen LogP contribution in [0, 0.1) is 5.92 Å². The Hall–Kier alpha value is -1.78. The molecule has 0 amide bonds. The van der Waals surface area contributed by atoms with E-state index in [1.807, 2.05) is 39.8 Å². The van der Waals surface area contributed by atoms with E-state index >= 15 is 0 Å². The van der Waals surface area contributed by atoms with Gasteiger partial charge >= 0.3 is 0 Å². The summed E-state index contributed by atoms with van der Waals surface area (Å²) in [6, 6.07) is 5.27. The molecule has 0 aromatic heterocycles. The van der Waals surface area contributed by atoms with Crippen molar-refractivity contribution in [2.75, 3.05) is 40.5 Å². The van der Waals surface area contributed by atoms with Crippen LogP contribution in [0.2, 0.25) is 0 Å². The molecule has 0 aliphatic rings. The Bertz CT molecular complexity index is 565. The number of aromatic hydroxyl groups is 1. The lowest BCUT2D eigenvalue weighted by Crippen LogP contribution is -2.30. The maximum atomic E-state index is 9.61. The van der Waals surface area contributed by atoms with Crippen molar-refractivity contribution in [2.24, 2.45) is 5.92 Å². The Morgan fingerprint density at radius 1 is 1.19 bits per heavy atom. The summed E-state index contributed by atoms with van der Waals surface area (Å²) in [6.45, 7) is 12.8. The summed E-state index contributed by atoms with van der Waals surface area (Å²) < 4.78 is 11.9. The van der Waals surface area contributed by atoms with E-state index in [1.165, 1.54) is 5.57 Å². The molecule has 1 atom stereocenters. The smallest absolute Gasteiger partial charge is 0.122 e. The standard InChI is InChI=1S/C21H33NO3.C2H6/c1-6-9-17(7-2)14-24-15-18(13-22(4)5)16-25-21-11-10-20(23)12-19(21)8-3;1-2/h6-7,9-12,18,23H,8,13-16H2,1-5H3;1-2H3/b9-6-,17-7+;. The highest BCUT2D eigenvalue weighted by Crippen LogP contribution is 2.24. The Morgan fingerprint density at radius 2 is 1.89 bits per heavy atom. The highest BCUT2D eigenvalue weighted by molar-refractivity contribution is 5.39. The molecule has 27 heavy (non-hydrogen) atoms. The molecular formula is C23H39NO3. The number of allylic oxidation sites excluding steroid dienone is 2. The van der Waals surface area contributed by atoms with E-state index in [0.29, 0.717) is 19.8 Å². The second kappa shape index (κ2) is 15.3. The van der Waals surface area contributed by atoms with Crippen LogP contribution >= 0.6 is 0 Å². The third kappa shape index (κ3) is 10.8. The van der Waals surface area contributed by atoms with E-state index in [-0.39, 0.29) is 11.7 Å². The first-order valence-electron chi connectivity index (χ1n) is 9.95. The molecule has 0 saturated carbocycles. The van der Waals surface area contributed by atoms with Crippen LogP contribution < -0.4 is 4.74 Å². The molecule has 0 spiro atoms. The predicted molar refractivity (Wildman–Crippen MR) is 116 cm³/mol. The zero-order valence-electron chi connectivity index (χ0n) is 18.3. The van der Waals surface area contributed by atoms with Gasteiger partial charge in [0.25, 0.3) is 0 Å². The molecule has 0 aliphatic carbocycles. The largest absolute Gasteiger partial charge is 0.508 e. The van der Waals surface area contributed by atoms with Crippen LogP contribution in [-0.2, 0) is 11.2 Å². The predicted octanol–water partition coefficient (Wildman–Crippen LogP) is 5.08. The number of rotatable bonds is 11. The number of nitrogens with zero attached hydrogens (tertiary/aromatic N) is 1. The third-order valence-corrected chi connectivity index (χ3v) is 3.90. The van der Waals surface area contributed by atoms with Gasteiger partial charge < -0.3 is 19.5 Å². The molecule has 4 heteroatoms. The molecule has 0 bridgehead atoms. The Labute approximate surface area is 166 Å². The summed E-state index contributed by atoms with van der Waals surface area (Å²) in [5.41, 5.74) is 2.20. The third-order valence-electron chi connectivity index (χ3n) is 3.90. The van der Waals surface area contributed by atoms with Gasteiger partial charge in [-0.3, -0.25) is 0 Å². The highest BCUT2D eigenvalue weighted by Gasteiger charge is 2.13. The topological polar surface area (TPSA) is 41.9 Å². The zero-order chi connectivity index (χ0) is 20.7. The van der Waals surface area contributed by atoms with Crippen LogP contribution in [0.5, 0.6) is 11.5 Å². The van der Waals surface area contributed by atoms with Gasteiger partial charge in [-0.2, -0.15) is 0 Å². The quantitative estimate of drug-likeness (QED) is 0.546. The van der Waals surface area contributed by atoms with Crippen molar-refractivity contribution < 1.29 is 14.6 Å². The summed E-state index contributed by atoms with van der Waals surface area (Å²) in [7, 11) is 4.12. The Morgan fingerprint density at radius 3 is 2.44 bits per heavy atom. The number of hydrogen-bond acceptors (Lipinski definition) is 4. The summed E-state index contributed by atoms with van der Waals surface area (Å²) >= 11 is 0. The fraction of sp³-hybridized carbons (Fsp3) is 0.565. The molecule has 4 nitrogen and oxygen atoms in total. The van der Waals surface area contributed by atoms with Gasteiger partial charge in [-0.15, -0.1) is 0 Å². The summed E-state index contributed by atoms with van der Waals surface area (Å²) in [5, 5.41) is 9.61. The van der Waals surface area contributed by atoms with Crippen molar-refractivity contribution in [3.8, 4) is 11.5 Å². The minimum Gasteiger partial charge on any atom is -0.508 e. The van der Waals surface area contributed by atoms with Crippen molar-refractivity contribution >= 4 is 0 Å². The van der Waals surface area contributed by atoms with Gasteiger partial charge in [0.15, 0.2) is 0 Å². The molecule has 0 fully saturated rings. The van der Waals surface area contributed by atoms with Crippen LogP contribution in [0.4, 0.5) is 0 Å². The van der Waals surface area contributed by atoms with Crippen LogP contribution in [0.25, 0.3) is 0 Å². The molecule has 0 radical (unpaired) electrons. The fourth-order valence-electron chi connectivity index (χ4n) is 2.65. The normalized spacial score (nSPS) is 12.8. The molecule has 1 rings (SSSR count). The van der Waals surface area contributed by atoms with Crippen molar-refractivity contribution in [2.45, 2.75) is 41.0 Å². The maximum absolute atomic E-state index is 9.61. The number of aryl methyl sites for hydroxylation is 1. The van der Waals surface area contributed by atoms with E-state index in [0.717, 1.165) is 24.3 Å². The first-order valence-corrected chi connectivity index (χ1v) is 9.95. The second-order valence-corrected chi connectivity index (χ2v) is 6.46. The van der Waals surface area contributed by atoms with Crippen molar-refractivity contribution in [3.63, 3.8) is 0 Å². The van der Waals surface area contributed by atoms with Crippen LogP contribution in [0.15, 0.2) is 42.0 Å². The molecular weight excluding hydrogens is 338 g/mol. The van der Waals surface area contributed by atoms with Crippen molar-refractivity contribution in [3.05, 3.63) is 47.6 Å². The van der Waals surface area contributed by atoms with Gasteiger partial charge in [-0.05, 0) is 63.7 Å². The minimum absolute atomic E-state index is 0.275. The van der Waals surface area contributed by atoms with Crippen molar-refractivity contribution in [1.29, 1.82) is 0 Å². The maximum Gasteiger partial charge on any atom is 0.122 e. The van der Waals surface area contributed by atoms with Gasteiger partial charge in [0.1, 0.15) is 11.5 Å². The van der Waals surface area contributed by atoms with Gasteiger partial charge in [0, 0.05) is 12.5 Å². The fourth-order valence-corrected chi connectivity index (χ4v) is 2.65. The molecule has 0 saturated heterocycles. The highest BCUT2D eigenvalue weighted by atomic mass is 16.5. The van der Waals surface area contributed by atoms with E-state index in [9.17, 15) is 5.11 Å². The lowest BCUT2D eigenvalue weighted by Gasteiger charge is -2.22. The van der Waals surface area contributed by atoms with E-state index < -0.39 is 0 Å². The molecule has 154 valence electrons. The molecule has 0 heterocycles.